The van der Waals surface area contributed by atoms with Crippen molar-refractivity contribution >= 4 is 5.91 Å². The molecule has 0 radical (unpaired) electrons. The molecule has 0 saturated carbocycles. The number of nitrogens with zero attached hydrogens (tertiary/aromatic N) is 1. The van der Waals surface area contributed by atoms with Gasteiger partial charge in [0.25, 0.3) is 0 Å². The van der Waals surface area contributed by atoms with Gasteiger partial charge in [0.15, 0.2) is 0 Å². The van der Waals surface area contributed by atoms with E-state index in [1.54, 1.807) is 0 Å². The summed E-state index contributed by atoms with van der Waals surface area (Å²) in [7, 11) is 0. The van der Waals surface area contributed by atoms with Crippen molar-refractivity contribution in [2.75, 3.05) is 32.8 Å². The molecule has 0 aliphatic carbocycles. The molecule has 0 bridgehead atoms. The van der Waals surface area contributed by atoms with Crippen LogP contribution < -0.4 is 5.32 Å². The van der Waals surface area contributed by atoms with E-state index in [0.29, 0.717) is 39.1 Å². The lowest BCUT2D eigenvalue weighted by Crippen LogP contribution is -2.50. The lowest BCUT2D eigenvalue weighted by atomic mass is 9.92. The summed E-state index contributed by atoms with van der Waals surface area (Å²) in [5.74, 6) is 0.113. The number of hydrogen-bond donors (Lipinski definition) is 2. The van der Waals surface area contributed by atoms with Crippen LogP contribution in [0.5, 0.6) is 0 Å². The molecule has 2 aliphatic heterocycles. The second kappa shape index (κ2) is 5.55. The van der Waals surface area contributed by atoms with Crippen LogP contribution in [0.25, 0.3) is 0 Å². The van der Waals surface area contributed by atoms with Crippen molar-refractivity contribution in [1.82, 2.24) is 10.2 Å². The van der Waals surface area contributed by atoms with Crippen molar-refractivity contribution in [2.24, 2.45) is 5.92 Å². The highest BCUT2D eigenvalue weighted by atomic mass is 16.5. The van der Waals surface area contributed by atoms with Gasteiger partial charge in [-0.1, -0.05) is 6.92 Å². The smallest absolute Gasteiger partial charge is 0.229 e. The lowest BCUT2D eigenvalue weighted by molar-refractivity contribution is -0.139. The number of carbonyl (C=O) groups excluding carboxylic acids is 1. The van der Waals surface area contributed by atoms with E-state index in [2.05, 4.69) is 5.32 Å². The minimum Gasteiger partial charge on any atom is -0.390 e. The Labute approximate surface area is 108 Å². The summed E-state index contributed by atoms with van der Waals surface area (Å²) < 4.78 is 5.42. The predicted molar refractivity (Wildman–Crippen MR) is 68.2 cm³/mol. The van der Waals surface area contributed by atoms with Crippen molar-refractivity contribution in [3.8, 4) is 0 Å². The molecule has 5 nitrogen and oxygen atoms in total. The molecule has 2 unspecified atom stereocenters. The molecule has 0 spiro atoms. The first-order chi connectivity index (χ1) is 8.53. The summed E-state index contributed by atoms with van der Waals surface area (Å²) in [5.41, 5.74) is -0.607. The molecule has 0 aromatic rings. The van der Waals surface area contributed by atoms with E-state index in [9.17, 15) is 9.90 Å². The molecule has 18 heavy (non-hydrogen) atoms. The van der Waals surface area contributed by atoms with Gasteiger partial charge in [-0.3, -0.25) is 4.79 Å². The van der Waals surface area contributed by atoms with Crippen LogP contribution in [0.2, 0.25) is 0 Å². The van der Waals surface area contributed by atoms with Gasteiger partial charge in [0, 0.05) is 19.1 Å². The Bertz CT molecular complexity index is 297. The number of hydrogen-bond acceptors (Lipinski definition) is 4. The van der Waals surface area contributed by atoms with E-state index in [1.165, 1.54) is 0 Å². The average Bonchev–Trinajstić information content (AvgIpc) is 2.77. The molecule has 2 atom stereocenters. The number of aliphatic hydroxyl groups is 1. The van der Waals surface area contributed by atoms with Crippen LogP contribution in [0.15, 0.2) is 0 Å². The molecule has 2 N–H and O–H groups in total. The first-order valence-corrected chi connectivity index (χ1v) is 6.86. The third-order valence-corrected chi connectivity index (χ3v) is 4.02. The topological polar surface area (TPSA) is 61.8 Å². The fourth-order valence-electron chi connectivity index (χ4n) is 2.70. The number of ether oxygens (including phenoxy) is 1. The summed E-state index contributed by atoms with van der Waals surface area (Å²) in [5, 5.41) is 13.2. The van der Waals surface area contributed by atoms with Crippen molar-refractivity contribution in [3.05, 3.63) is 0 Å². The largest absolute Gasteiger partial charge is 0.390 e. The van der Waals surface area contributed by atoms with E-state index in [0.717, 1.165) is 6.54 Å². The molecule has 0 aromatic heterocycles. The highest BCUT2D eigenvalue weighted by molar-refractivity contribution is 5.80. The maximum Gasteiger partial charge on any atom is 0.229 e. The van der Waals surface area contributed by atoms with E-state index >= 15 is 0 Å². The quantitative estimate of drug-likeness (QED) is 0.745. The molecule has 5 heteroatoms. The van der Waals surface area contributed by atoms with Gasteiger partial charge in [-0.25, -0.2) is 0 Å². The standard InChI is InChI=1S/C13H24N2O3/c1-3-14-11-9-18-8-10(11)12(16)15-6-4-13(2,17)5-7-15/h10-11,14,17H,3-9H2,1-2H3. The first kappa shape index (κ1) is 13.8. The van der Waals surface area contributed by atoms with Crippen LogP contribution in [-0.4, -0.2) is 60.4 Å². The van der Waals surface area contributed by atoms with Gasteiger partial charge in [0.2, 0.25) is 5.91 Å². The summed E-state index contributed by atoms with van der Waals surface area (Å²) in [4.78, 5) is 14.3. The molecule has 104 valence electrons. The van der Waals surface area contributed by atoms with Crippen LogP contribution in [-0.2, 0) is 9.53 Å². The van der Waals surface area contributed by atoms with Crippen LogP contribution in [0.1, 0.15) is 26.7 Å². The van der Waals surface area contributed by atoms with Gasteiger partial charge in [-0.15, -0.1) is 0 Å². The molecular formula is C13H24N2O3. The maximum atomic E-state index is 12.4. The Balaban J connectivity index is 1.91. The monoisotopic (exact) mass is 256 g/mol. The Morgan fingerprint density at radius 2 is 2.11 bits per heavy atom. The van der Waals surface area contributed by atoms with Gasteiger partial charge in [-0.05, 0) is 26.3 Å². The van der Waals surface area contributed by atoms with Crippen molar-refractivity contribution in [3.63, 3.8) is 0 Å². The van der Waals surface area contributed by atoms with Crippen molar-refractivity contribution in [2.45, 2.75) is 38.3 Å². The SMILES string of the molecule is CCNC1COCC1C(=O)N1CCC(C)(O)CC1. The Hall–Kier alpha value is -0.650. The minimum atomic E-state index is -0.607. The predicted octanol–water partition coefficient (Wildman–Crippen LogP) is -0.0157. The van der Waals surface area contributed by atoms with Crippen molar-refractivity contribution in [1.29, 1.82) is 0 Å². The normalized spacial score (nSPS) is 31.6. The molecular weight excluding hydrogens is 232 g/mol. The summed E-state index contributed by atoms with van der Waals surface area (Å²) >= 11 is 0. The Kier molecular flexibility index (Phi) is 4.25. The molecule has 2 fully saturated rings. The van der Waals surface area contributed by atoms with Gasteiger partial charge >= 0.3 is 0 Å². The number of carbonyl (C=O) groups is 1. The summed E-state index contributed by atoms with van der Waals surface area (Å²) in [6.07, 6.45) is 1.33. The fraction of sp³-hybridized carbons (Fsp3) is 0.923. The van der Waals surface area contributed by atoms with Crippen molar-refractivity contribution < 1.29 is 14.6 Å². The summed E-state index contributed by atoms with van der Waals surface area (Å²) in [6, 6.07) is 0.143. The van der Waals surface area contributed by atoms with Gasteiger partial charge in [-0.2, -0.15) is 0 Å². The molecule has 0 aromatic carbocycles. The minimum absolute atomic E-state index is 0.0620. The van der Waals surface area contributed by atoms with Crippen LogP contribution in [0, 0.1) is 5.92 Å². The summed E-state index contributed by atoms with van der Waals surface area (Å²) in [6.45, 7) is 7.18. The number of likely N-dealkylation sites (N-methyl/N-ethyl adjacent to an activating group) is 1. The second-order valence-electron chi connectivity index (χ2n) is 5.63. The number of nitrogens with one attached hydrogen (secondary N) is 1. The average molecular weight is 256 g/mol. The van der Waals surface area contributed by atoms with E-state index in [4.69, 9.17) is 4.74 Å². The Morgan fingerprint density at radius 3 is 2.72 bits per heavy atom. The van der Waals surface area contributed by atoms with E-state index in [1.807, 2.05) is 18.7 Å². The van der Waals surface area contributed by atoms with Crippen LogP contribution >= 0.6 is 0 Å². The fourth-order valence-corrected chi connectivity index (χ4v) is 2.70. The zero-order chi connectivity index (χ0) is 13.2. The lowest BCUT2D eigenvalue weighted by Gasteiger charge is -2.37. The van der Waals surface area contributed by atoms with Gasteiger partial charge in [0.05, 0.1) is 24.7 Å². The van der Waals surface area contributed by atoms with Crippen LogP contribution in [0.3, 0.4) is 0 Å². The third-order valence-electron chi connectivity index (χ3n) is 4.02. The molecule has 2 rings (SSSR count). The van der Waals surface area contributed by atoms with Gasteiger partial charge in [0.1, 0.15) is 0 Å². The number of rotatable bonds is 3. The zero-order valence-corrected chi connectivity index (χ0v) is 11.3. The molecule has 1 amide bonds. The maximum absolute atomic E-state index is 12.4. The van der Waals surface area contributed by atoms with Gasteiger partial charge < -0.3 is 20.1 Å². The molecule has 2 saturated heterocycles. The third kappa shape index (κ3) is 3.02. The first-order valence-electron chi connectivity index (χ1n) is 6.86. The number of piperidine rings is 1. The molecule has 2 heterocycles. The Morgan fingerprint density at radius 1 is 1.44 bits per heavy atom. The molecule has 2 aliphatic rings. The van der Waals surface area contributed by atoms with E-state index in [-0.39, 0.29) is 17.9 Å². The zero-order valence-electron chi connectivity index (χ0n) is 11.3. The highest BCUT2D eigenvalue weighted by Crippen LogP contribution is 2.24. The van der Waals surface area contributed by atoms with Crippen LogP contribution in [0.4, 0.5) is 0 Å². The van der Waals surface area contributed by atoms with E-state index < -0.39 is 5.60 Å². The second-order valence-corrected chi connectivity index (χ2v) is 5.63. The highest BCUT2D eigenvalue weighted by Gasteiger charge is 2.38. The number of amides is 1. The number of likely N-dealkylation sites (tertiary alicyclic amines) is 1.